The Bertz CT molecular complexity index is 443. The van der Waals surface area contributed by atoms with Crippen LogP contribution in [0.2, 0.25) is 0 Å². The van der Waals surface area contributed by atoms with E-state index in [1.54, 1.807) is 18.2 Å². The van der Waals surface area contributed by atoms with Crippen molar-refractivity contribution in [3.63, 3.8) is 0 Å². The lowest BCUT2D eigenvalue weighted by Gasteiger charge is -2.01. The molecule has 0 unspecified atom stereocenters. The second-order valence-corrected chi connectivity index (χ2v) is 3.09. The minimum atomic E-state index is -0.288. The van der Waals surface area contributed by atoms with Crippen molar-refractivity contribution in [2.45, 2.75) is 6.92 Å². The van der Waals surface area contributed by atoms with Gasteiger partial charge in [0.2, 0.25) is 0 Å². The summed E-state index contributed by atoms with van der Waals surface area (Å²) in [6.07, 6.45) is 0. The summed E-state index contributed by atoms with van der Waals surface area (Å²) >= 11 is 0. The summed E-state index contributed by atoms with van der Waals surface area (Å²) in [5.74, 6) is 0.0382. The molecule has 1 aromatic carbocycles. The lowest BCUT2D eigenvalue weighted by Crippen LogP contribution is -1.90. The Morgan fingerprint density at radius 3 is 2.64 bits per heavy atom. The number of nitrogens with one attached hydrogen (secondary N) is 1. The van der Waals surface area contributed by atoms with Gasteiger partial charge >= 0.3 is 0 Å². The van der Waals surface area contributed by atoms with Crippen LogP contribution in [0.4, 0.5) is 10.2 Å². The Morgan fingerprint density at radius 1 is 1.36 bits per heavy atom. The summed E-state index contributed by atoms with van der Waals surface area (Å²) in [4.78, 5) is 0. The number of benzene rings is 1. The van der Waals surface area contributed by atoms with Crippen LogP contribution in [0.5, 0.6) is 0 Å². The molecule has 0 saturated heterocycles. The number of halogens is 1. The van der Waals surface area contributed by atoms with E-state index >= 15 is 0 Å². The number of H-pyrrole nitrogens is 1. The number of nitrogens with two attached hydrogens (primary N) is 1. The minimum Gasteiger partial charge on any atom is -0.382 e. The van der Waals surface area contributed by atoms with E-state index < -0.39 is 0 Å². The third-order valence-corrected chi connectivity index (χ3v) is 2.12. The van der Waals surface area contributed by atoms with Gasteiger partial charge in [-0.15, -0.1) is 0 Å². The van der Waals surface area contributed by atoms with Gasteiger partial charge in [-0.05, 0) is 13.0 Å². The van der Waals surface area contributed by atoms with Crippen molar-refractivity contribution in [3.05, 3.63) is 35.8 Å². The highest BCUT2D eigenvalue weighted by atomic mass is 19.1. The van der Waals surface area contributed by atoms with Crippen molar-refractivity contribution in [2.75, 3.05) is 5.73 Å². The van der Waals surface area contributed by atoms with Gasteiger partial charge in [0.15, 0.2) is 5.82 Å². The number of nitrogen functional groups attached to an aromatic ring is 1. The van der Waals surface area contributed by atoms with Crippen molar-refractivity contribution in [1.29, 1.82) is 0 Å². The van der Waals surface area contributed by atoms with Gasteiger partial charge in [0.25, 0.3) is 0 Å². The SMILES string of the molecule is Cc1[nH]nc(N)c1-c1ccccc1F. The van der Waals surface area contributed by atoms with Gasteiger partial charge < -0.3 is 5.73 Å². The zero-order chi connectivity index (χ0) is 10.1. The summed E-state index contributed by atoms with van der Waals surface area (Å²) in [7, 11) is 0. The monoisotopic (exact) mass is 191 g/mol. The van der Waals surface area contributed by atoms with Crippen LogP contribution in [0.15, 0.2) is 24.3 Å². The Hall–Kier alpha value is -1.84. The zero-order valence-corrected chi connectivity index (χ0v) is 7.71. The third kappa shape index (κ3) is 1.25. The lowest BCUT2D eigenvalue weighted by molar-refractivity contribution is 0.631. The molecule has 0 fully saturated rings. The van der Waals surface area contributed by atoms with Crippen molar-refractivity contribution in [1.82, 2.24) is 10.2 Å². The Balaban J connectivity index is 2.66. The second kappa shape index (κ2) is 3.14. The molecule has 2 rings (SSSR count). The van der Waals surface area contributed by atoms with E-state index in [2.05, 4.69) is 10.2 Å². The fourth-order valence-electron chi connectivity index (χ4n) is 1.45. The first-order valence-corrected chi connectivity index (χ1v) is 4.25. The summed E-state index contributed by atoms with van der Waals surface area (Å²) < 4.78 is 13.4. The van der Waals surface area contributed by atoms with E-state index in [0.29, 0.717) is 16.9 Å². The van der Waals surface area contributed by atoms with Crippen LogP contribution in [0.25, 0.3) is 11.1 Å². The fraction of sp³-hybridized carbons (Fsp3) is 0.100. The van der Waals surface area contributed by atoms with Crippen LogP contribution in [0.1, 0.15) is 5.69 Å². The van der Waals surface area contributed by atoms with E-state index in [-0.39, 0.29) is 5.82 Å². The number of aromatic amines is 1. The van der Waals surface area contributed by atoms with E-state index in [0.717, 1.165) is 5.69 Å². The molecule has 0 atom stereocenters. The number of rotatable bonds is 1. The summed E-state index contributed by atoms with van der Waals surface area (Å²) in [5.41, 5.74) is 7.53. The molecule has 1 heterocycles. The van der Waals surface area contributed by atoms with Crippen LogP contribution in [-0.4, -0.2) is 10.2 Å². The molecule has 0 aliphatic carbocycles. The predicted octanol–water partition coefficient (Wildman–Crippen LogP) is 2.11. The van der Waals surface area contributed by atoms with Crippen LogP contribution in [0, 0.1) is 12.7 Å². The Morgan fingerprint density at radius 2 is 2.07 bits per heavy atom. The molecule has 0 bridgehead atoms. The molecule has 72 valence electrons. The quantitative estimate of drug-likeness (QED) is 0.725. The number of aryl methyl sites for hydroxylation is 1. The average Bonchev–Trinajstić information content (AvgIpc) is 2.48. The van der Waals surface area contributed by atoms with Crippen molar-refractivity contribution < 1.29 is 4.39 Å². The van der Waals surface area contributed by atoms with E-state index in [1.807, 2.05) is 6.92 Å². The highest BCUT2D eigenvalue weighted by Gasteiger charge is 2.12. The Kier molecular flexibility index (Phi) is 1.96. The number of aromatic nitrogens is 2. The van der Waals surface area contributed by atoms with Gasteiger partial charge in [0.05, 0.1) is 0 Å². The normalized spacial score (nSPS) is 10.4. The van der Waals surface area contributed by atoms with Gasteiger partial charge in [-0.1, -0.05) is 18.2 Å². The molecule has 14 heavy (non-hydrogen) atoms. The molecule has 0 saturated carbocycles. The predicted molar refractivity (Wildman–Crippen MR) is 53.1 cm³/mol. The van der Waals surface area contributed by atoms with Crippen LogP contribution < -0.4 is 5.73 Å². The van der Waals surface area contributed by atoms with Gasteiger partial charge in [-0.25, -0.2) is 4.39 Å². The van der Waals surface area contributed by atoms with Crippen molar-refractivity contribution in [3.8, 4) is 11.1 Å². The molecule has 4 heteroatoms. The van der Waals surface area contributed by atoms with Crippen LogP contribution in [0.3, 0.4) is 0 Å². The van der Waals surface area contributed by atoms with Gasteiger partial charge in [-0.3, -0.25) is 5.10 Å². The van der Waals surface area contributed by atoms with Crippen LogP contribution in [-0.2, 0) is 0 Å². The topological polar surface area (TPSA) is 54.7 Å². The average molecular weight is 191 g/mol. The first-order chi connectivity index (χ1) is 6.70. The highest BCUT2D eigenvalue weighted by Crippen LogP contribution is 2.29. The lowest BCUT2D eigenvalue weighted by atomic mass is 10.1. The summed E-state index contributed by atoms with van der Waals surface area (Å²) in [6, 6.07) is 6.50. The minimum absolute atomic E-state index is 0.288. The second-order valence-electron chi connectivity index (χ2n) is 3.09. The maximum absolute atomic E-state index is 13.4. The third-order valence-electron chi connectivity index (χ3n) is 2.12. The molecule has 0 amide bonds. The van der Waals surface area contributed by atoms with E-state index in [9.17, 15) is 4.39 Å². The first-order valence-electron chi connectivity index (χ1n) is 4.25. The van der Waals surface area contributed by atoms with E-state index in [1.165, 1.54) is 6.07 Å². The molecular weight excluding hydrogens is 181 g/mol. The molecule has 3 N–H and O–H groups in total. The fourth-order valence-corrected chi connectivity index (χ4v) is 1.45. The highest BCUT2D eigenvalue weighted by molar-refractivity contribution is 5.76. The molecule has 0 aliphatic rings. The molecule has 0 radical (unpaired) electrons. The van der Waals surface area contributed by atoms with Gasteiger partial charge in [0.1, 0.15) is 5.82 Å². The van der Waals surface area contributed by atoms with Gasteiger partial charge in [-0.2, -0.15) is 5.10 Å². The van der Waals surface area contributed by atoms with E-state index in [4.69, 9.17) is 5.73 Å². The van der Waals surface area contributed by atoms with Crippen LogP contribution >= 0.6 is 0 Å². The molecule has 1 aromatic heterocycles. The Labute approximate surface area is 80.8 Å². The van der Waals surface area contributed by atoms with Gasteiger partial charge in [0, 0.05) is 16.8 Å². The maximum Gasteiger partial charge on any atom is 0.153 e. The smallest absolute Gasteiger partial charge is 0.153 e. The number of anilines is 1. The molecule has 2 aromatic rings. The number of hydrogen-bond donors (Lipinski definition) is 2. The molecule has 0 aliphatic heterocycles. The summed E-state index contributed by atoms with van der Waals surface area (Å²) in [6.45, 7) is 1.81. The standard InChI is InChI=1S/C10H10FN3/c1-6-9(10(12)14-13-6)7-4-2-3-5-8(7)11/h2-5H,1H3,(H3,12,13,14). The number of nitrogens with zero attached hydrogens (tertiary/aromatic N) is 1. The zero-order valence-electron chi connectivity index (χ0n) is 7.71. The van der Waals surface area contributed by atoms with Crippen molar-refractivity contribution >= 4 is 5.82 Å². The number of hydrogen-bond acceptors (Lipinski definition) is 2. The largest absolute Gasteiger partial charge is 0.382 e. The summed E-state index contributed by atoms with van der Waals surface area (Å²) in [5, 5.41) is 6.54. The molecule has 3 nitrogen and oxygen atoms in total. The first kappa shape index (κ1) is 8.74. The maximum atomic E-state index is 13.4. The molecular formula is C10H10FN3. The van der Waals surface area contributed by atoms with Crippen molar-refractivity contribution in [2.24, 2.45) is 0 Å². The molecule has 0 spiro atoms.